The van der Waals surface area contributed by atoms with Crippen molar-refractivity contribution in [1.82, 2.24) is 29.4 Å². The maximum absolute atomic E-state index is 13.5. The zero-order valence-electron chi connectivity index (χ0n) is 20.4. The first-order valence-corrected chi connectivity index (χ1v) is 12.8. The molecule has 10 nitrogen and oxygen atoms in total. The molecule has 0 unspecified atom stereocenters. The number of halogens is 2. The van der Waals surface area contributed by atoms with Crippen LogP contribution in [-0.2, 0) is 6.54 Å². The minimum atomic E-state index is -2.76. The second-order valence-electron chi connectivity index (χ2n) is 9.12. The van der Waals surface area contributed by atoms with Crippen LogP contribution in [0.25, 0.3) is 27.1 Å². The third kappa shape index (κ3) is 3.90. The van der Waals surface area contributed by atoms with E-state index in [1.807, 2.05) is 24.7 Å². The van der Waals surface area contributed by atoms with Crippen molar-refractivity contribution in [2.45, 2.75) is 45.6 Å². The largest absolute Gasteiger partial charge is 0.365 e. The van der Waals surface area contributed by atoms with E-state index in [-0.39, 0.29) is 32.6 Å². The number of anilines is 1. The number of fused-ring (bicyclic) bond motifs is 2. The van der Waals surface area contributed by atoms with Gasteiger partial charge >= 0.3 is 0 Å². The first kappa shape index (κ1) is 24.1. The van der Waals surface area contributed by atoms with Gasteiger partial charge in [0.1, 0.15) is 21.0 Å². The Hall–Kier alpha value is -4.26. The molecule has 1 aliphatic carbocycles. The van der Waals surface area contributed by atoms with Gasteiger partial charge in [0.05, 0.1) is 23.3 Å². The lowest BCUT2D eigenvalue weighted by Crippen LogP contribution is -2.17. The number of pyridine rings is 1. The zero-order chi connectivity index (χ0) is 26.7. The van der Waals surface area contributed by atoms with Crippen LogP contribution in [0.15, 0.2) is 30.7 Å². The average Bonchev–Trinajstić information content (AvgIpc) is 3.37. The fraction of sp³-hybridized carbons (Fsp3) is 0.280. The number of carbonyl (C=O) groups is 2. The van der Waals surface area contributed by atoms with Crippen LogP contribution in [0, 0.1) is 6.92 Å². The van der Waals surface area contributed by atoms with Gasteiger partial charge in [-0.15, -0.1) is 11.3 Å². The molecule has 13 heteroatoms. The lowest BCUT2D eigenvalue weighted by atomic mass is 10.0. The third-order valence-electron chi connectivity index (χ3n) is 6.61. The number of hydrogen-bond acceptors (Lipinski definition) is 7. The molecule has 38 heavy (non-hydrogen) atoms. The summed E-state index contributed by atoms with van der Waals surface area (Å²) in [5.74, 6) is -1.29. The van der Waals surface area contributed by atoms with Gasteiger partial charge in [-0.2, -0.15) is 10.2 Å². The summed E-state index contributed by atoms with van der Waals surface area (Å²) in [6.07, 6.45) is 3.77. The quantitative estimate of drug-likeness (QED) is 0.310. The van der Waals surface area contributed by atoms with Gasteiger partial charge in [0.25, 0.3) is 18.2 Å². The first-order valence-electron chi connectivity index (χ1n) is 12.0. The summed E-state index contributed by atoms with van der Waals surface area (Å²) in [6.45, 7) is 4.58. The van der Waals surface area contributed by atoms with E-state index in [4.69, 9.17) is 5.73 Å². The van der Waals surface area contributed by atoms with Gasteiger partial charge in [0, 0.05) is 29.9 Å². The number of rotatable bonds is 7. The van der Waals surface area contributed by atoms with Crippen molar-refractivity contribution in [2.75, 3.05) is 5.32 Å². The van der Waals surface area contributed by atoms with E-state index >= 15 is 0 Å². The van der Waals surface area contributed by atoms with E-state index in [0.717, 1.165) is 35.4 Å². The summed E-state index contributed by atoms with van der Waals surface area (Å²) < 4.78 is 30.4. The zero-order valence-corrected chi connectivity index (χ0v) is 21.2. The van der Waals surface area contributed by atoms with E-state index < -0.39 is 18.2 Å². The number of carbonyl (C=O) groups excluding carboxylic acids is 2. The highest BCUT2D eigenvalue weighted by Crippen LogP contribution is 2.48. The second kappa shape index (κ2) is 8.94. The van der Waals surface area contributed by atoms with Crippen LogP contribution in [-0.4, -0.2) is 41.2 Å². The number of nitrogens with two attached hydrogens (primary N) is 1. The molecule has 6 rings (SSSR count). The summed E-state index contributed by atoms with van der Waals surface area (Å²) >= 11 is 0.892. The van der Waals surface area contributed by atoms with E-state index in [9.17, 15) is 18.4 Å². The van der Waals surface area contributed by atoms with Crippen LogP contribution in [0.2, 0.25) is 0 Å². The molecule has 194 valence electrons. The highest BCUT2D eigenvalue weighted by Gasteiger charge is 2.32. The number of aryl methyl sites for hydroxylation is 2. The van der Waals surface area contributed by atoms with Gasteiger partial charge < -0.3 is 11.1 Å². The minimum absolute atomic E-state index is 0.0434. The Balaban J connectivity index is 1.45. The van der Waals surface area contributed by atoms with Crippen molar-refractivity contribution < 1.29 is 18.4 Å². The normalized spacial score (nSPS) is 13.6. The lowest BCUT2D eigenvalue weighted by molar-refractivity contribution is 0.100. The molecule has 0 aliphatic heterocycles. The Labute approximate surface area is 218 Å². The summed E-state index contributed by atoms with van der Waals surface area (Å²) in [6, 6.07) is 3.15. The maximum Gasteiger partial charge on any atom is 0.280 e. The molecular weight excluding hydrogens is 514 g/mol. The topological polar surface area (TPSA) is 133 Å². The smallest absolute Gasteiger partial charge is 0.280 e. The molecule has 0 saturated heterocycles. The fourth-order valence-corrected chi connectivity index (χ4v) is 5.66. The highest BCUT2D eigenvalue weighted by molar-refractivity contribution is 7.21. The number of alkyl halides is 2. The summed E-state index contributed by atoms with van der Waals surface area (Å²) in [7, 11) is 0. The van der Waals surface area contributed by atoms with E-state index in [2.05, 4.69) is 25.5 Å². The molecule has 1 fully saturated rings. The first-order chi connectivity index (χ1) is 18.3. The summed E-state index contributed by atoms with van der Waals surface area (Å²) in [5, 5.41) is 12.2. The molecular formula is C25H22F2N8O2S. The van der Waals surface area contributed by atoms with Gasteiger partial charge in [-0.1, -0.05) is 0 Å². The van der Waals surface area contributed by atoms with Crippen molar-refractivity contribution in [1.29, 1.82) is 0 Å². The molecule has 0 radical (unpaired) electrons. The van der Waals surface area contributed by atoms with Gasteiger partial charge in [0.15, 0.2) is 5.65 Å². The molecule has 5 heterocycles. The number of thiophene rings is 1. The SMILES string of the molecule is CCn1cc(-c2ccnc3c(C(=O)Nc4c(C(N)=O)sc5nc(C(F)F)cc(C6CC6)c45)cnn23)c(C)n1. The van der Waals surface area contributed by atoms with Crippen molar-refractivity contribution in [3.8, 4) is 11.3 Å². The Morgan fingerprint density at radius 2 is 2.11 bits per heavy atom. The van der Waals surface area contributed by atoms with Gasteiger partial charge in [0.2, 0.25) is 0 Å². The summed E-state index contributed by atoms with van der Waals surface area (Å²) in [4.78, 5) is 34.6. The predicted molar refractivity (Wildman–Crippen MR) is 138 cm³/mol. The maximum atomic E-state index is 13.5. The molecule has 0 bridgehead atoms. The van der Waals surface area contributed by atoms with E-state index in [0.29, 0.717) is 28.8 Å². The van der Waals surface area contributed by atoms with Crippen LogP contribution >= 0.6 is 11.3 Å². The van der Waals surface area contributed by atoms with E-state index in [1.165, 1.54) is 12.3 Å². The van der Waals surface area contributed by atoms with Crippen LogP contribution in [0.3, 0.4) is 0 Å². The fourth-order valence-electron chi connectivity index (χ4n) is 4.64. The van der Waals surface area contributed by atoms with Crippen LogP contribution < -0.4 is 11.1 Å². The van der Waals surface area contributed by atoms with Crippen LogP contribution in [0.1, 0.15) is 69.1 Å². The number of amides is 2. The molecule has 3 N–H and O–H groups in total. The number of primary amides is 1. The molecule has 0 spiro atoms. The van der Waals surface area contributed by atoms with Gasteiger partial charge in [-0.25, -0.2) is 23.3 Å². The molecule has 2 amide bonds. The second-order valence-corrected chi connectivity index (χ2v) is 10.1. The van der Waals surface area contributed by atoms with Crippen molar-refractivity contribution in [3.63, 3.8) is 0 Å². The number of nitrogens with one attached hydrogen (secondary N) is 1. The Morgan fingerprint density at radius 3 is 2.76 bits per heavy atom. The molecule has 0 aromatic carbocycles. The predicted octanol–water partition coefficient (Wildman–Crippen LogP) is 4.70. The van der Waals surface area contributed by atoms with Gasteiger partial charge in [-0.3, -0.25) is 14.3 Å². The minimum Gasteiger partial charge on any atom is -0.365 e. The molecule has 5 aromatic rings. The highest BCUT2D eigenvalue weighted by atomic mass is 32.1. The average molecular weight is 537 g/mol. The monoisotopic (exact) mass is 536 g/mol. The number of hydrogen-bond donors (Lipinski definition) is 2. The molecule has 5 aromatic heterocycles. The van der Waals surface area contributed by atoms with Crippen LogP contribution in [0.5, 0.6) is 0 Å². The Morgan fingerprint density at radius 1 is 1.32 bits per heavy atom. The Bertz CT molecular complexity index is 1750. The summed E-state index contributed by atoms with van der Waals surface area (Å²) in [5.41, 5.74) is 8.92. The van der Waals surface area contributed by atoms with E-state index in [1.54, 1.807) is 16.8 Å². The number of aromatic nitrogens is 6. The molecule has 0 atom stereocenters. The third-order valence-corrected chi connectivity index (χ3v) is 7.71. The molecule has 1 aliphatic rings. The van der Waals surface area contributed by atoms with Crippen LogP contribution in [0.4, 0.5) is 14.5 Å². The standard InChI is InChI=1S/C25H22F2N8O2S/c1-3-34-10-15(11(2)33-34)17-6-7-29-23-14(9-30-35(17)23)24(37)32-19-18-13(12-4-5-12)8-16(21(26)27)31-25(18)38-20(19)22(28)36/h6-10,12,21H,3-5H2,1-2H3,(H2,28,36)(H,32,37). The lowest BCUT2D eigenvalue weighted by Gasteiger charge is -2.10. The van der Waals surface area contributed by atoms with Crippen molar-refractivity contribution >= 4 is 44.7 Å². The Kier molecular flexibility index (Phi) is 5.67. The van der Waals surface area contributed by atoms with Gasteiger partial charge in [-0.05, 0) is 50.3 Å². The van der Waals surface area contributed by atoms with Crippen molar-refractivity contribution in [3.05, 3.63) is 58.1 Å². The van der Waals surface area contributed by atoms with Crippen molar-refractivity contribution in [2.24, 2.45) is 5.73 Å². The number of nitrogens with zero attached hydrogens (tertiary/aromatic N) is 6. The molecule has 1 saturated carbocycles.